The van der Waals surface area contributed by atoms with E-state index in [1.165, 1.54) is 22.8 Å². The molecule has 30 heavy (non-hydrogen) atoms. The normalized spacial score (nSPS) is 13.3. The van der Waals surface area contributed by atoms with Crippen LogP contribution in [0.25, 0.3) is 5.65 Å². The van der Waals surface area contributed by atoms with Gasteiger partial charge in [-0.15, -0.1) is 5.10 Å². The SMILES string of the molecule is Cc1cc2nccc(=O)n2nc1N1CCc2ncc(Nc3ccccc3F)cc2C1. The van der Waals surface area contributed by atoms with Crippen molar-refractivity contribution in [3.63, 3.8) is 0 Å². The van der Waals surface area contributed by atoms with Gasteiger partial charge in [-0.1, -0.05) is 12.1 Å². The molecular formula is C22H19FN6O. The third-order valence-electron chi connectivity index (χ3n) is 5.23. The van der Waals surface area contributed by atoms with E-state index in [0.717, 1.165) is 41.3 Å². The second kappa shape index (κ2) is 7.22. The summed E-state index contributed by atoms with van der Waals surface area (Å²) >= 11 is 0. The molecule has 8 heteroatoms. The van der Waals surface area contributed by atoms with E-state index < -0.39 is 0 Å². The lowest BCUT2D eigenvalue weighted by atomic mass is 10.0. The van der Waals surface area contributed by atoms with Crippen LogP contribution in [0.15, 0.2) is 59.7 Å². The van der Waals surface area contributed by atoms with Crippen LogP contribution in [0, 0.1) is 12.7 Å². The van der Waals surface area contributed by atoms with Gasteiger partial charge in [-0.3, -0.25) is 9.78 Å². The minimum Gasteiger partial charge on any atom is -0.352 e. The topological polar surface area (TPSA) is 75.4 Å². The Kier molecular flexibility index (Phi) is 4.39. The highest BCUT2D eigenvalue weighted by molar-refractivity contribution is 5.61. The Morgan fingerprint density at radius 3 is 2.87 bits per heavy atom. The first-order valence-corrected chi connectivity index (χ1v) is 9.68. The molecule has 3 aromatic heterocycles. The lowest BCUT2D eigenvalue weighted by molar-refractivity contribution is 0.632. The predicted octanol–water partition coefficient (Wildman–Crippen LogP) is 3.24. The molecule has 4 heterocycles. The lowest BCUT2D eigenvalue weighted by Gasteiger charge is -2.30. The molecule has 0 saturated heterocycles. The smallest absolute Gasteiger partial charge is 0.274 e. The molecule has 1 N–H and O–H groups in total. The molecule has 150 valence electrons. The number of para-hydroxylation sites is 1. The highest BCUT2D eigenvalue weighted by atomic mass is 19.1. The monoisotopic (exact) mass is 402 g/mol. The second-order valence-corrected chi connectivity index (χ2v) is 7.31. The van der Waals surface area contributed by atoms with Crippen LogP contribution in [-0.4, -0.2) is 26.1 Å². The highest BCUT2D eigenvalue weighted by Crippen LogP contribution is 2.27. The minimum atomic E-state index is -0.313. The first-order chi connectivity index (χ1) is 14.6. The van der Waals surface area contributed by atoms with E-state index in [9.17, 15) is 9.18 Å². The van der Waals surface area contributed by atoms with E-state index >= 15 is 0 Å². The van der Waals surface area contributed by atoms with Crippen molar-refractivity contribution >= 4 is 22.8 Å². The molecule has 0 spiro atoms. The molecule has 0 aliphatic carbocycles. The highest BCUT2D eigenvalue weighted by Gasteiger charge is 2.21. The van der Waals surface area contributed by atoms with Gasteiger partial charge in [-0.25, -0.2) is 9.37 Å². The van der Waals surface area contributed by atoms with Gasteiger partial charge < -0.3 is 10.2 Å². The Morgan fingerprint density at radius 1 is 1.13 bits per heavy atom. The predicted molar refractivity (Wildman–Crippen MR) is 113 cm³/mol. The van der Waals surface area contributed by atoms with Crippen LogP contribution < -0.4 is 15.8 Å². The average Bonchev–Trinajstić information content (AvgIpc) is 2.75. The Hall–Kier alpha value is -3.81. The van der Waals surface area contributed by atoms with Crippen LogP contribution in [0.3, 0.4) is 0 Å². The van der Waals surface area contributed by atoms with Crippen LogP contribution in [0.2, 0.25) is 0 Å². The van der Waals surface area contributed by atoms with Gasteiger partial charge in [-0.05, 0) is 42.3 Å². The van der Waals surface area contributed by atoms with Gasteiger partial charge in [0.05, 0.1) is 17.6 Å². The molecular weight excluding hydrogens is 383 g/mol. The van der Waals surface area contributed by atoms with E-state index in [1.54, 1.807) is 24.4 Å². The fourth-order valence-electron chi connectivity index (χ4n) is 3.75. The molecule has 0 unspecified atom stereocenters. The van der Waals surface area contributed by atoms with Gasteiger partial charge in [-0.2, -0.15) is 4.52 Å². The molecule has 1 aromatic carbocycles. The maximum Gasteiger partial charge on any atom is 0.274 e. The number of fused-ring (bicyclic) bond motifs is 2. The number of rotatable bonds is 3. The van der Waals surface area contributed by atoms with Gasteiger partial charge in [0.1, 0.15) is 5.82 Å². The number of pyridine rings is 1. The molecule has 0 amide bonds. The molecule has 0 bridgehead atoms. The molecule has 4 aromatic rings. The number of nitrogens with zero attached hydrogens (tertiary/aromatic N) is 5. The summed E-state index contributed by atoms with van der Waals surface area (Å²) in [5.41, 5.74) is 4.46. The van der Waals surface area contributed by atoms with E-state index in [-0.39, 0.29) is 11.4 Å². The van der Waals surface area contributed by atoms with E-state index in [2.05, 4.69) is 25.3 Å². The minimum absolute atomic E-state index is 0.211. The summed E-state index contributed by atoms with van der Waals surface area (Å²) in [7, 11) is 0. The van der Waals surface area contributed by atoms with Crippen molar-refractivity contribution in [3.05, 3.63) is 87.9 Å². The summed E-state index contributed by atoms with van der Waals surface area (Å²) in [6.07, 6.45) is 3.98. The number of benzene rings is 1. The van der Waals surface area contributed by atoms with Crippen molar-refractivity contribution in [1.29, 1.82) is 0 Å². The van der Waals surface area contributed by atoms with E-state index in [0.29, 0.717) is 17.9 Å². The number of aromatic nitrogens is 4. The lowest BCUT2D eigenvalue weighted by Crippen LogP contribution is -2.33. The third-order valence-corrected chi connectivity index (χ3v) is 5.23. The van der Waals surface area contributed by atoms with Gasteiger partial charge in [0.25, 0.3) is 5.56 Å². The number of nitrogens with one attached hydrogen (secondary N) is 1. The summed E-state index contributed by atoms with van der Waals surface area (Å²) in [5.74, 6) is 0.433. The van der Waals surface area contributed by atoms with Crippen LogP contribution in [0.4, 0.5) is 21.6 Å². The molecule has 5 rings (SSSR count). The Labute approximate surface area is 171 Å². The fraction of sp³-hybridized carbons (Fsp3) is 0.182. The van der Waals surface area contributed by atoms with E-state index in [4.69, 9.17) is 0 Å². The summed E-state index contributed by atoms with van der Waals surface area (Å²) in [6.45, 7) is 3.31. The summed E-state index contributed by atoms with van der Waals surface area (Å²) in [4.78, 5) is 23.1. The first kappa shape index (κ1) is 18.2. The van der Waals surface area contributed by atoms with Crippen LogP contribution >= 0.6 is 0 Å². The number of aryl methyl sites for hydroxylation is 1. The molecule has 1 aliphatic rings. The summed E-state index contributed by atoms with van der Waals surface area (Å²) in [5, 5.41) is 7.65. The van der Waals surface area contributed by atoms with Crippen molar-refractivity contribution in [3.8, 4) is 0 Å². The van der Waals surface area contributed by atoms with Crippen molar-refractivity contribution in [2.75, 3.05) is 16.8 Å². The third kappa shape index (κ3) is 3.26. The molecule has 0 atom stereocenters. The van der Waals surface area contributed by atoms with E-state index in [1.807, 2.05) is 19.1 Å². The first-order valence-electron chi connectivity index (χ1n) is 9.68. The molecule has 0 radical (unpaired) electrons. The van der Waals surface area contributed by atoms with Crippen molar-refractivity contribution < 1.29 is 4.39 Å². The quantitative estimate of drug-likeness (QED) is 0.567. The molecule has 0 saturated carbocycles. The Morgan fingerprint density at radius 2 is 2.00 bits per heavy atom. The maximum atomic E-state index is 14.0. The van der Waals surface area contributed by atoms with Gasteiger partial charge in [0, 0.05) is 37.5 Å². The Balaban J connectivity index is 1.47. The van der Waals surface area contributed by atoms with Gasteiger partial charge in [0.2, 0.25) is 0 Å². The van der Waals surface area contributed by atoms with Crippen molar-refractivity contribution in [1.82, 2.24) is 19.6 Å². The van der Waals surface area contributed by atoms with Crippen LogP contribution in [0.5, 0.6) is 0 Å². The maximum absolute atomic E-state index is 14.0. The molecule has 0 fully saturated rings. The van der Waals surface area contributed by atoms with Gasteiger partial charge >= 0.3 is 0 Å². The summed E-state index contributed by atoms with van der Waals surface area (Å²) in [6, 6.07) is 11.8. The van der Waals surface area contributed by atoms with Gasteiger partial charge in [0.15, 0.2) is 11.5 Å². The number of hydrogen-bond donors (Lipinski definition) is 1. The average molecular weight is 402 g/mol. The second-order valence-electron chi connectivity index (χ2n) is 7.31. The molecule has 1 aliphatic heterocycles. The number of anilines is 3. The zero-order chi connectivity index (χ0) is 20.7. The number of hydrogen-bond acceptors (Lipinski definition) is 6. The van der Waals surface area contributed by atoms with Crippen molar-refractivity contribution in [2.24, 2.45) is 0 Å². The van der Waals surface area contributed by atoms with Crippen molar-refractivity contribution in [2.45, 2.75) is 19.9 Å². The summed E-state index contributed by atoms with van der Waals surface area (Å²) < 4.78 is 15.3. The standard InChI is InChI=1S/C22H19FN6O/c1-14-10-20-24-8-6-21(30)29(20)27-22(14)28-9-7-18-15(13-28)11-16(12-25-18)26-19-5-3-2-4-17(19)23/h2-6,8,10-12,26H,7,9,13H2,1H3. The van der Waals surface area contributed by atoms with Crippen LogP contribution in [-0.2, 0) is 13.0 Å². The Bertz CT molecular complexity index is 1320. The fourth-order valence-corrected chi connectivity index (χ4v) is 3.75. The zero-order valence-corrected chi connectivity index (χ0v) is 16.3. The number of halogens is 1. The molecule has 7 nitrogen and oxygen atoms in total. The zero-order valence-electron chi connectivity index (χ0n) is 16.3. The largest absolute Gasteiger partial charge is 0.352 e. The van der Waals surface area contributed by atoms with Crippen LogP contribution in [0.1, 0.15) is 16.8 Å².